The Bertz CT molecular complexity index is 896. The molecule has 0 saturated carbocycles. The number of para-hydroxylation sites is 1. The number of ether oxygens (including phenoxy) is 1. The molecule has 0 aliphatic heterocycles. The van der Waals surface area contributed by atoms with Crippen LogP contribution in [0.15, 0.2) is 59.5 Å². The summed E-state index contributed by atoms with van der Waals surface area (Å²) in [4.78, 5) is 25.9. The quantitative estimate of drug-likeness (QED) is 0.507. The van der Waals surface area contributed by atoms with Gasteiger partial charge in [-0.05, 0) is 42.8 Å². The Morgan fingerprint density at radius 3 is 2.29 bits per heavy atom. The van der Waals surface area contributed by atoms with Gasteiger partial charge in [-0.15, -0.1) is 0 Å². The second-order valence-electron chi connectivity index (χ2n) is 6.33. The van der Waals surface area contributed by atoms with Crippen molar-refractivity contribution in [1.82, 2.24) is 5.32 Å². The van der Waals surface area contributed by atoms with Crippen LogP contribution in [-0.4, -0.2) is 53.3 Å². The van der Waals surface area contributed by atoms with Crippen LogP contribution in [0.5, 0.6) is 0 Å². The first-order valence-corrected chi connectivity index (χ1v) is 10.7. The molecular weight excluding hydrogens is 380 g/mol. The Balaban J connectivity index is 1.68. The number of hydrogen-bond acceptors (Lipinski definition) is 6. The predicted octanol–water partition coefficient (Wildman–Crippen LogP) is 1.89. The number of nitrogens with zero attached hydrogens (tertiary/aromatic N) is 1. The number of nitrogens with one attached hydrogen (secondary N) is 1. The van der Waals surface area contributed by atoms with Crippen LogP contribution in [0.25, 0.3) is 0 Å². The van der Waals surface area contributed by atoms with E-state index < -0.39 is 15.8 Å². The number of anilines is 1. The van der Waals surface area contributed by atoms with E-state index in [-0.39, 0.29) is 23.0 Å². The van der Waals surface area contributed by atoms with E-state index >= 15 is 0 Å². The van der Waals surface area contributed by atoms with Gasteiger partial charge in [-0.25, -0.2) is 13.2 Å². The number of esters is 1. The second kappa shape index (κ2) is 9.89. The van der Waals surface area contributed by atoms with Gasteiger partial charge in [0.05, 0.1) is 10.5 Å². The van der Waals surface area contributed by atoms with Gasteiger partial charge < -0.3 is 15.0 Å². The zero-order chi connectivity index (χ0) is 20.6. The second-order valence-corrected chi connectivity index (χ2v) is 8.35. The SMILES string of the molecule is CN(CCCNC(=O)COC(=O)c1ccc(S(C)(=O)=O)cc1)c1ccccc1. The van der Waals surface area contributed by atoms with E-state index in [4.69, 9.17) is 4.74 Å². The zero-order valence-corrected chi connectivity index (χ0v) is 16.7. The highest BCUT2D eigenvalue weighted by Gasteiger charge is 2.12. The third-order valence-electron chi connectivity index (χ3n) is 4.04. The van der Waals surface area contributed by atoms with Crippen molar-refractivity contribution >= 4 is 27.4 Å². The minimum absolute atomic E-state index is 0.113. The topological polar surface area (TPSA) is 92.8 Å². The Labute approximate surface area is 165 Å². The van der Waals surface area contributed by atoms with Gasteiger partial charge in [-0.1, -0.05) is 18.2 Å². The van der Waals surface area contributed by atoms with Gasteiger partial charge in [-0.3, -0.25) is 4.79 Å². The van der Waals surface area contributed by atoms with Crippen molar-refractivity contribution in [3.63, 3.8) is 0 Å². The molecule has 2 rings (SSSR count). The van der Waals surface area contributed by atoms with Crippen LogP contribution < -0.4 is 10.2 Å². The van der Waals surface area contributed by atoms with Crippen molar-refractivity contribution in [2.24, 2.45) is 0 Å². The van der Waals surface area contributed by atoms with Crippen LogP contribution in [-0.2, 0) is 19.4 Å². The summed E-state index contributed by atoms with van der Waals surface area (Å²) in [5.74, 6) is -1.07. The van der Waals surface area contributed by atoms with Crippen molar-refractivity contribution in [3.05, 3.63) is 60.2 Å². The molecule has 0 aliphatic rings. The highest BCUT2D eigenvalue weighted by Crippen LogP contribution is 2.12. The molecule has 0 fully saturated rings. The fraction of sp³-hybridized carbons (Fsp3) is 0.300. The highest BCUT2D eigenvalue weighted by atomic mass is 32.2. The molecule has 8 heteroatoms. The normalized spacial score (nSPS) is 10.9. The molecule has 2 aromatic carbocycles. The first-order valence-electron chi connectivity index (χ1n) is 8.77. The third kappa shape index (κ3) is 6.70. The summed E-state index contributed by atoms with van der Waals surface area (Å²) < 4.78 is 27.8. The maximum Gasteiger partial charge on any atom is 0.338 e. The Morgan fingerprint density at radius 2 is 1.68 bits per heavy atom. The predicted molar refractivity (Wildman–Crippen MR) is 107 cm³/mol. The maximum absolute atomic E-state index is 11.9. The molecule has 150 valence electrons. The summed E-state index contributed by atoms with van der Waals surface area (Å²) in [6.07, 6.45) is 1.83. The molecule has 0 radical (unpaired) electrons. The molecule has 7 nitrogen and oxygen atoms in total. The van der Waals surface area contributed by atoms with Gasteiger partial charge in [0.2, 0.25) is 0 Å². The lowest BCUT2D eigenvalue weighted by atomic mass is 10.2. The molecule has 1 amide bonds. The van der Waals surface area contributed by atoms with Crippen LogP contribution in [0.3, 0.4) is 0 Å². The summed E-state index contributed by atoms with van der Waals surface area (Å²) in [5.41, 5.74) is 1.29. The third-order valence-corrected chi connectivity index (χ3v) is 5.17. The number of amides is 1. The van der Waals surface area contributed by atoms with Crippen molar-refractivity contribution in [2.75, 3.05) is 37.9 Å². The minimum Gasteiger partial charge on any atom is -0.452 e. The standard InChI is InChI=1S/C20H24N2O5S/c1-22(17-7-4-3-5-8-17)14-6-13-21-19(23)15-27-20(24)16-9-11-18(12-10-16)28(2,25)26/h3-5,7-12H,6,13-15H2,1-2H3,(H,21,23). The maximum atomic E-state index is 11.9. The Morgan fingerprint density at radius 1 is 1.04 bits per heavy atom. The van der Waals surface area contributed by atoms with Crippen LogP contribution in [0.4, 0.5) is 5.69 Å². The molecule has 0 saturated heterocycles. The number of rotatable bonds is 9. The van der Waals surface area contributed by atoms with Crippen LogP contribution >= 0.6 is 0 Å². The molecule has 0 unspecified atom stereocenters. The summed E-state index contributed by atoms with van der Waals surface area (Å²) in [6.45, 7) is 0.856. The van der Waals surface area contributed by atoms with Gasteiger partial charge in [0.25, 0.3) is 5.91 Å². The largest absolute Gasteiger partial charge is 0.452 e. The summed E-state index contributed by atoms with van der Waals surface area (Å²) >= 11 is 0. The average molecular weight is 404 g/mol. The lowest BCUT2D eigenvalue weighted by molar-refractivity contribution is -0.124. The van der Waals surface area contributed by atoms with E-state index in [0.29, 0.717) is 6.54 Å². The summed E-state index contributed by atoms with van der Waals surface area (Å²) in [6, 6.07) is 15.3. The van der Waals surface area contributed by atoms with Gasteiger partial charge in [0.15, 0.2) is 16.4 Å². The molecule has 1 N–H and O–H groups in total. The molecule has 0 heterocycles. The van der Waals surface area contributed by atoms with Crippen molar-refractivity contribution in [1.29, 1.82) is 0 Å². The number of hydrogen-bond donors (Lipinski definition) is 1. The fourth-order valence-electron chi connectivity index (χ4n) is 2.46. The molecule has 0 atom stereocenters. The van der Waals surface area contributed by atoms with Gasteiger partial charge in [0.1, 0.15) is 0 Å². The smallest absolute Gasteiger partial charge is 0.338 e. The van der Waals surface area contributed by atoms with E-state index in [1.54, 1.807) is 0 Å². The molecule has 0 aliphatic carbocycles. The van der Waals surface area contributed by atoms with Crippen molar-refractivity contribution in [3.8, 4) is 0 Å². The summed E-state index contributed by atoms with van der Waals surface area (Å²) in [7, 11) is -1.35. The van der Waals surface area contributed by atoms with E-state index in [0.717, 1.165) is 24.9 Å². The van der Waals surface area contributed by atoms with E-state index in [1.165, 1.54) is 24.3 Å². The van der Waals surface area contributed by atoms with Crippen molar-refractivity contribution in [2.45, 2.75) is 11.3 Å². The zero-order valence-electron chi connectivity index (χ0n) is 15.9. The van der Waals surface area contributed by atoms with Gasteiger partial charge in [0, 0.05) is 32.1 Å². The van der Waals surface area contributed by atoms with E-state index in [1.807, 2.05) is 37.4 Å². The molecule has 0 bridgehead atoms. The highest BCUT2D eigenvalue weighted by molar-refractivity contribution is 7.90. The number of carbonyl (C=O) groups excluding carboxylic acids is 2. The first kappa shape index (κ1) is 21.4. The molecule has 28 heavy (non-hydrogen) atoms. The molecular formula is C20H24N2O5S. The Kier molecular flexibility index (Phi) is 7.57. The number of sulfone groups is 1. The Hall–Kier alpha value is -2.87. The van der Waals surface area contributed by atoms with Gasteiger partial charge in [-0.2, -0.15) is 0 Å². The number of benzene rings is 2. The van der Waals surface area contributed by atoms with Crippen molar-refractivity contribution < 1.29 is 22.7 Å². The summed E-state index contributed by atoms with van der Waals surface area (Å²) in [5, 5.41) is 2.70. The van der Waals surface area contributed by atoms with Crippen LogP contribution in [0.2, 0.25) is 0 Å². The van der Waals surface area contributed by atoms with E-state index in [2.05, 4.69) is 10.2 Å². The molecule has 0 spiro atoms. The average Bonchev–Trinajstić information content (AvgIpc) is 2.69. The van der Waals surface area contributed by atoms with Gasteiger partial charge >= 0.3 is 5.97 Å². The number of carbonyl (C=O) groups is 2. The lowest BCUT2D eigenvalue weighted by Gasteiger charge is -2.19. The molecule has 2 aromatic rings. The minimum atomic E-state index is -3.33. The first-order chi connectivity index (χ1) is 13.3. The molecule has 0 aromatic heterocycles. The monoisotopic (exact) mass is 404 g/mol. The van der Waals surface area contributed by atoms with E-state index in [9.17, 15) is 18.0 Å². The van der Waals surface area contributed by atoms with Crippen LogP contribution in [0.1, 0.15) is 16.8 Å². The fourth-order valence-corrected chi connectivity index (χ4v) is 3.09. The lowest BCUT2D eigenvalue weighted by Crippen LogP contribution is -2.31. The van der Waals surface area contributed by atoms with Crippen LogP contribution in [0, 0.1) is 0 Å².